The molecule has 0 aliphatic carbocycles. The van der Waals surface area contributed by atoms with Crippen LogP contribution in [0.25, 0.3) is 11.5 Å². The van der Waals surface area contributed by atoms with Crippen LogP contribution >= 0.6 is 0 Å². The zero-order valence-electron chi connectivity index (χ0n) is 14.8. The van der Waals surface area contributed by atoms with Crippen LogP contribution in [-0.4, -0.2) is 32.3 Å². The van der Waals surface area contributed by atoms with Crippen molar-refractivity contribution < 1.29 is 22.0 Å². The van der Waals surface area contributed by atoms with Crippen molar-refractivity contribution in [2.75, 3.05) is 13.7 Å². The molecule has 3 aromatic rings. The van der Waals surface area contributed by atoms with Crippen molar-refractivity contribution in [1.29, 1.82) is 0 Å². The van der Waals surface area contributed by atoms with Crippen molar-refractivity contribution in [1.82, 2.24) is 14.9 Å². The first-order valence-electron chi connectivity index (χ1n) is 8.11. The minimum atomic E-state index is -3.67. The Hall–Kier alpha value is -2.78. The Morgan fingerprint density at radius 1 is 1.15 bits per heavy atom. The lowest BCUT2D eigenvalue weighted by Gasteiger charge is -2.09. The van der Waals surface area contributed by atoms with Crippen LogP contribution in [0.5, 0.6) is 5.75 Å². The second-order valence-electron chi connectivity index (χ2n) is 5.79. The number of ether oxygens (including phenoxy) is 1. The van der Waals surface area contributed by atoms with Gasteiger partial charge in [-0.1, -0.05) is 0 Å². The number of hydrogen-bond donors (Lipinski definition) is 1. The summed E-state index contributed by atoms with van der Waals surface area (Å²) in [7, 11) is -2.15. The summed E-state index contributed by atoms with van der Waals surface area (Å²) in [4.78, 5) is 0.181. The molecule has 0 amide bonds. The second kappa shape index (κ2) is 7.85. The van der Waals surface area contributed by atoms with Crippen LogP contribution in [0.3, 0.4) is 0 Å². The molecule has 0 bridgehead atoms. The highest BCUT2D eigenvalue weighted by Gasteiger charge is 2.17. The van der Waals surface area contributed by atoms with Gasteiger partial charge in [0.05, 0.1) is 12.0 Å². The lowest BCUT2D eigenvalue weighted by atomic mass is 10.2. The molecule has 1 heterocycles. The summed E-state index contributed by atoms with van der Waals surface area (Å²) in [5.74, 6) is 0.759. The molecule has 3 rings (SSSR count). The molecule has 27 heavy (non-hydrogen) atoms. The zero-order chi connectivity index (χ0) is 19.4. The third kappa shape index (κ3) is 4.50. The quantitative estimate of drug-likeness (QED) is 0.666. The lowest BCUT2D eigenvalue weighted by molar-refractivity contribution is 0.414. The van der Waals surface area contributed by atoms with E-state index in [-0.39, 0.29) is 35.5 Å². The number of nitrogens with zero attached hydrogens (tertiary/aromatic N) is 2. The fourth-order valence-corrected chi connectivity index (χ4v) is 3.74. The van der Waals surface area contributed by atoms with E-state index in [9.17, 15) is 12.8 Å². The number of aryl methyl sites for hydroxylation is 1. The van der Waals surface area contributed by atoms with E-state index in [0.717, 1.165) is 0 Å². The van der Waals surface area contributed by atoms with Crippen molar-refractivity contribution in [3.63, 3.8) is 0 Å². The first kappa shape index (κ1) is 19.0. The first-order valence-corrected chi connectivity index (χ1v) is 9.60. The normalized spacial score (nSPS) is 11.5. The summed E-state index contributed by atoms with van der Waals surface area (Å²) in [6, 6.07) is 10.4. The maximum atomic E-state index is 13.0. The van der Waals surface area contributed by atoms with Gasteiger partial charge >= 0.3 is 0 Å². The minimum absolute atomic E-state index is 0.0961. The molecule has 0 spiro atoms. The molecule has 0 aliphatic heterocycles. The predicted octanol–water partition coefficient (Wildman–Crippen LogP) is 2.71. The lowest BCUT2D eigenvalue weighted by Crippen LogP contribution is -2.26. The standard InChI is InChI=1S/C18H18FN3O4S/c1-12-11-15(25-2)7-8-16(12)27(23,24)20-10-9-17-21-22-18(26-17)13-3-5-14(19)6-4-13/h3-8,11,20H,9-10H2,1-2H3. The van der Waals surface area contributed by atoms with Gasteiger partial charge in [-0.3, -0.25) is 0 Å². The van der Waals surface area contributed by atoms with Gasteiger partial charge < -0.3 is 9.15 Å². The van der Waals surface area contributed by atoms with Crippen LogP contribution in [-0.2, 0) is 16.4 Å². The predicted molar refractivity (Wildman–Crippen MR) is 96.3 cm³/mol. The van der Waals surface area contributed by atoms with Crippen LogP contribution in [0.2, 0.25) is 0 Å². The molecular formula is C18H18FN3O4S. The van der Waals surface area contributed by atoms with E-state index in [1.54, 1.807) is 19.1 Å². The van der Waals surface area contributed by atoms with Crippen LogP contribution in [0, 0.1) is 12.7 Å². The van der Waals surface area contributed by atoms with Gasteiger partial charge in [-0.05, 0) is 55.0 Å². The summed E-state index contributed by atoms with van der Waals surface area (Å²) in [6.45, 7) is 1.79. The largest absolute Gasteiger partial charge is 0.497 e. The highest BCUT2D eigenvalue weighted by atomic mass is 32.2. The van der Waals surface area contributed by atoms with E-state index in [1.165, 1.54) is 37.4 Å². The van der Waals surface area contributed by atoms with E-state index in [4.69, 9.17) is 9.15 Å². The van der Waals surface area contributed by atoms with Crippen molar-refractivity contribution in [2.45, 2.75) is 18.2 Å². The fraction of sp³-hybridized carbons (Fsp3) is 0.222. The van der Waals surface area contributed by atoms with Crippen molar-refractivity contribution in [3.05, 3.63) is 59.7 Å². The number of aromatic nitrogens is 2. The molecule has 9 heteroatoms. The SMILES string of the molecule is COc1ccc(S(=O)(=O)NCCc2nnc(-c3ccc(F)cc3)o2)c(C)c1. The Morgan fingerprint density at radius 2 is 1.89 bits per heavy atom. The number of sulfonamides is 1. The Balaban J connectivity index is 1.63. The molecule has 0 fully saturated rings. The molecule has 7 nitrogen and oxygen atoms in total. The Labute approximate surface area is 156 Å². The highest BCUT2D eigenvalue weighted by Crippen LogP contribution is 2.21. The Morgan fingerprint density at radius 3 is 2.56 bits per heavy atom. The molecule has 0 radical (unpaired) electrons. The number of hydrogen-bond acceptors (Lipinski definition) is 6. The van der Waals surface area contributed by atoms with Gasteiger partial charge in [-0.25, -0.2) is 17.5 Å². The molecule has 0 saturated carbocycles. The molecular weight excluding hydrogens is 373 g/mol. The van der Waals surface area contributed by atoms with Crippen molar-refractivity contribution in [2.24, 2.45) is 0 Å². The molecule has 1 N–H and O–H groups in total. The topological polar surface area (TPSA) is 94.3 Å². The van der Waals surface area contributed by atoms with Crippen LogP contribution in [0.15, 0.2) is 51.8 Å². The van der Waals surface area contributed by atoms with Gasteiger partial charge in [0.15, 0.2) is 0 Å². The summed E-state index contributed by atoms with van der Waals surface area (Å²) in [5, 5.41) is 7.78. The average molecular weight is 391 g/mol. The van der Waals surface area contributed by atoms with E-state index in [2.05, 4.69) is 14.9 Å². The van der Waals surface area contributed by atoms with Crippen LogP contribution in [0.4, 0.5) is 4.39 Å². The van der Waals surface area contributed by atoms with Gasteiger partial charge in [0, 0.05) is 18.5 Å². The van der Waals surface area contributed by atoms with Gasteiger partial charge in [0.25, 0.3) is 0 Å². The van der Waals surface area contributed by atoms with Gasteiger partial charge in [0.2, 0.25) is 21.8 Å². The number of rotatable bonds is 7. The molecule has 0 unspecified atom stereocenters. The molecule has 0 saturated heterocycles. The van der Waals surface area contributed by atoms with Gasteiger partial charge in [-0.2, -0.15) is 0 Å². The summed E-state index contributed by atoms with van der Waals surface area (Å²) < 4.78 is 50.9. The third-order valence-electron chi connectivity index (χ3n) is 3.86. The third-order valence-corrected chi connectivity index (χ3v) is 5.48. The number of nitrogens with one attached hydrogen (secondary N) is 1. The average Bonchev–Trinajstić information content (AvgIpc) is 3.10. The smallest absolute Gasteiger partial charge is 0.247 e. The first-order chi connectivity index (χ1) is 12.9. The minimum Gasteiger partial charge on any atom is -0.497 e. The maximum absolute atomic E-state index is 13.0. The van der Waals surface area contributed by atoms with E-state index in [0.29, 0.717) is 16.9 Å². The van der Waals surface area contributed by atoms with Crippen LogP contribution < -0.4 is 9.46 Å². The molecule has 142 valence electrons. The van der Waals surface area contributed by atoms with Crippen molar-refractivity contribution >= 4 is 10.0 Å². The van der Waals surface area contributed by atoms with Crippen molar-refractivity contribution in [3.8, 4) is 17.2 Å². The number of methoxy groups -OCH3 is 1. The Kier molecular flexibility index (Phi) is 5.52. The van der Waals surface area contributed by atoms with Gasteiger partial charge in [0.1, 0.15) is 11.6 Å². The molecule has 0 aliphatic rings. The highest BCUT2D eigenvalue weighted by molar-refractivity contribution is 7.89. The molecule has 2 aromatic carbocycles. The summed E-state index contributed by atoms with van der Waals surface area (Å²) in [5.41, 5.74) is 1.17. The maximum Gasteiger partial charge on any atom is 0.247 e. The van der Waals surface area contributed by atoms with E-state index < -0.39 is 10.0 Å². The molecule has 0 atom stereocenters. The van der Waals surface area contributed by atoms with E-state index >= 15 is 0 Å². The number of benzene rings is 2. The molecule has 1 aromatic heterocycles. The Bertz CT molecular complexity index is 1030. The number of halogens is 1. The second-order valence-corrected chi connectivity index (χ2v) is 7.52. The van der Waals surface area contributed by atoms with Gasteiger partial charge in [-0.15, -0.1) is 10.2 Å². The summed E-state index contributed by atoms with van der Waals surface area (Å²) in [6.07, 6.45) is 0.225. The fourth-order valence-electron chi connectivity index (χ4n) is 2.48. The zero-order valence-corrected chi connectivity index (χ0v) is 15.6. The van der Waals surface area contributed by atoms with E-state index in [1.807, 2.05) is 0 Å². The van der Waals surface area contributed by atoms with Crippen LogP contribution in [0.1, 0.15) is 11.5 Å². The monoisotopic (exact) mass is 391 g/mol. The summed E-state index contributed by atoms with van der Waals surface area (Å²) >= 11 is 0.